The van der Waals surface area contributed by atoms with Crippen LogP contribution in [-0.2, 0) is 18.3 Å². The maximum atomic E-state index is 11.9. The van der Waals surface area contributed by atoms with Gasteiger partial charge in [-0.2, -0.15) is 5.10 Å². The fraction of sp³-hybridized carbons (Fsp3) is 0.250. The van der Waals surface area contributed by atoms with Gasteiger partial charge in [0.15, 0.2) is 0 Å². The molecule has 1 unspecified atom stereocenters. The summed E-state index contributed by atoms with van der Waals surface area (Å²) < 4.78 is 1.68. The molecule has 0 aliphatic carbocycles. The predicted molar refractivity (Wildman–Crippen MR) is 81.4 cm³/mol. The molecule has 0 radical (unpaired) electrons. The first kappa shape index (κ1) is 15.0. The van der Waals surface area contributed by atoms with Gasteiger partial charge in [0.25, 0.3) is 0 Å². The molecule has 0 spiro atoms. The van der Waals surface area contributed by atoms with E-state index in [0.29, 0.717) is 6.42 Å². The molecule has 0 fully saturated rings. The zero-order valence-corrected chi connectivity index (χ0v) is 11.9. The smallest absolute Gasteiger partial charge is 0.244 e. The van der Waals surface area contributed by atoms with E-state index >= 15 is 0 Å². The van der Waals surface area contributed by atoms with Gasteiger partial charge in [-0.25, -0.2) is 0 Å². The van der Waals surface area contributed by atoms with Crippen molar-refractivity contribution in [2.75, 3.05) is 6.61 Å². The van der Waals surface area contributed by atoms with E-state index in [1.54, 1.807) is 17.0 Å². The van der Waals surface area contributed by atoms with Gasteiger partial charge in [-0.1, -0.05) is 30.3 Å². The number of carbonyl (C=O) groups excluding carboxylic acids is 1. The Hall–Kier alpha value is -2.40. The lowest BCUT2D eigenvalue weighted by Gasteiger charge is -2.15. The van der Waals surface area contributed by atoms with E-state index in [2.05, 4.69) is 10.4 Å². The number of benzene rings is 1. The molecule has 2 N–H and O–H groups in total. The number of nitrogens with one attached hydrogen (secondary N) is 1. The minimum Gasteiger partial charge on any atom is -0.394 e. The van der Waals surface area contributed by atoms with E-state index in [9.17, 15) is 9.90 Å². The van der Waals surface area contributed by atoms with Crippen LogP contribution in [0.1, 0.15) is 11.3 Å². The Balaban J connectivity index is 1.91. The quantitative estimate of drug-likeness (QED) is 0.783. The van der Waals surface area contributed by atoms with Crippen LogP contribution in [0.2, 0.25) is 0 Å². The molecule has 1 amide bonds. The van der Waals surface area contributed by atoms with Crippen molar-refractivity contribution in [3.8, 4) is 0 Å². The second-order valence-corrected chi connectivity index (χ2v) is 4.79. The molecular formula is C16H19N3O2. The number of aryl methyl sites for hydroxylation is 1. The fourth-order valence-electron chi connectivity index (χ4n) is 2.02. The highest BCUT2D eigenvalue weighted by Gasteiger charge is 2.10. The molecule has 1 aromatic heterocycles. The second-order valence-electron chi connectivity index (χ2n) is 4.79. The van der Waals surface area contributed by atoms with Gasteiger partial charge in [-0.15, -0.1) is 0 Å². The van der Waals surface area contributed by atoms with Crippen LogP contribution < -0.4 is 5.32 Å². The van der Waals surface area contributed by atoms with Crippen LogP contribution in [-0.4, -0.2) is 33.4 Å². The first-order chi connectivity index (χ1) is 10.2. The van der Waals surface area contributed by atoms with Gasteiger partial charge in [0.05, 0.1) is 18.3 Å². The molecule has 1 aromatic carbocycles. The molecule has 110 valence electrons. The van der Waals surface area contributed by atoms with E-state index in [1.807, 2.05) is 43.4 Å². The summed E-state index contributed by atoms with van der Waals surface area (Å²) in [6.45, 7) is -0.0970. The number of hydrogen-bond donors (Lipinski definition) is 2. The highest BCUT2D eigenvalue weighted by Crippen LogP contribution is 2.03. The van der Waals surface area contributed by atoms with Gasteiger partial charge < -0.3 is 10.4 Å². The van der Waals surface area contributed by atoms with Gasteiger partial charge in [0.1, 0.15) is 0 Å². The highest BCUT2D eigenvalue weighted by molar-refractivity contribution is 5.91. The third kappa shape index (κ3) is 4.57. The highest BCUT2D eigenvalue weighted by atomic mass is 16.3. The maximum absolute atomic E-state index is 11.9. The number of nitrogens with zero attached hydrogens (tertiary/aromatic N) is 2. The standard InChI is InChI=1S/C16H19N3O2/c1-19-15(9-10-17-19)7-8-16(21)18-14(12-20)11-13-5-3-2-4-6-13/h2-10,14,20H,11-12H2,1H3,(H,18,21). The van der Waals surface area contributed by atoms with Crippen molar-refractivity contribution in [1.82, 2.24) is 15.1 Å². The molecule has 2 aromatic rings. The van der Waals surface area contributed by atoms with Crippen molar-refractivity contribution in [1.29, 1.82) is 0 Å². The molecule has 5 heteroatoms. The molecule has 0 saturated heterocycles. The van der Waals surface area contributed by atoms with Crippen molar-refractivity contribution in [3.05, 3.63) is 59.9 Å². The average Bonchev–Trinajstić information content (AvgIpc) is 2.91. The summed E-state index contributed by atoms with van der Waals surface area (Å²) in [5.41, 5.74) is 1.92. The Morgan fingerprint density at radius 2 is 2.14 bits per heavy atom. The zero-order valence-electron chi connectivity index (χ0n) is 11.9. The van der Waals surface area contributed by atoms with Crippen molar-refractivity contribution in [3.63, 3.8) is 0 Å². The molecule has 5 nitrogen and oxygen atoms in total. The lowest BCUT2D eigenvalue weighted by Crippen LogP contribution is -2.38. The van der Waals surface area contributed by atoms with Gasteiger partial charge in [0.2, 0.25) is 5.91 Å². The number of amides is 1. The molecule has 21 heavy (non-hydrogen) atoms. The largest absolute Gasteiger partial charge is 0.394 e. The molecule has 2 rings (SSSR count). The van der Waals surface area contributed by atoms with Crippen molar-refractivity contribution < 1.29 is 9.90 Å². The van der Waals surface area contributed by atoms with Crippen molar-refractivity contribution in [2.45, 2.75) is 12.5 Å². The number of aliphatic hydroxyl groups is 1. The SMILES string of the molecule is Cn1nccc1C=CC(=O)NC(CO)Cc1ccccc1. The second kappa shape index (κ2) is 7.40. The van der Waals surface area contributed by atoms with Crippen molar-refractivity contribution in [2.24, 2.45) is 7.05 Å². The maximum Gasteiger partial charge on any atom is 0.244 e. The van der Waals surface area contributed by atoms with Crippen LogP contribution in [0, 0.1) is 0 Å². The summed E-state index contributed by atoms with van der Waals surface area (Å²) in [5.74, 6) is -0.230. The number of aromatic nitrogens is 2. The molecule has 1 heterocycles. The zero-order chi connectivity index (χ0) is 15.1. The Labute approximate surface area is 123 Å². The lowest BCUT2D eigenvalue weighted by atomic mass is 10.1. The minimum atomic E-state index is -0.295. The summed E-state index contributed by atoms with van der Waals surface area (Å²) in [6, 6.07) is 11.3. The van der Waals surface area contributed by atoms with E-state index in [0.717, 1.165) is 11.3 Å². The number of rotatable bonds is 6. The first-order valence-corrected chi connectivity index (χ1v) is 6.80. The normalized spacial score (nSPS) is 12.5. The van der Waals surface area contributed by atoms with Crippen LogP contribution in [0.5, 0.6) is 0 Å². The van der Waals surface area contributed by atoms with Crippen LogP contribution in [0.4, 0.5) is 0 Å². The monoisotopic (exact) mass is 285 g/mol. The molecular weight excluding hydrogens is 266 g/mol. The summed E-state index contributed by atoms with van der Waals surface area (Å²) in [6.07, 6.45) is 5.41. The van der Waals surface area contributed by atoms with Crippen LogP contribution in [0.3, 0.4) is 0 Å². The topological polar surface area (TPSA) is 67.2 Å². The van der Waals surface area contributed by atoms with E-state index < -0.39 is 0 Å². The van der Waals surface area contributed by atoms with Gasteiger partial charge in [0, 0.05) is 19.3 Å². The summed E-state index contributed by atoms with van der Waals surface area (Å²) in [4.78, 5) is 11.9. The number of aliphatic hydroxyl groups excluding tert-OH is 1. The molecule has 0 saturated carbocycles. The number of hydrogen-bond acceptors (Lipinski definition) is 3. The predicted octanol–water partition coefficient (Wildman–Crippen LogP) is 1.15. The fourth-order valence-corrected chi connectivity index (χ4v) is 2.02. The van der Waals surface area contributed by atoms with Crippen LogP contribution >= 0.6 is 0 Å². The molecule has 1 atom stereocenters. The molecule has 0 aliphatic rings. The van der Waals surface area contributed by atoms with E-state index in [4.69, 9.17) is 0 Å². The Bertz CT molecular complexity index is 605. The summed E-state index contributed by atoms with van der Waals surface area (Å²) in [5, 5.41) is 16.2. The minimum absolute atomic E-state index is 0.0970. The third-order valence-corrected chi connectivity index (χ3v) is 3.16. The van der Waals surface area contributed by atoms with Crippen LogP contribution in [0.25, 0.3) is 6.08 Å². The van der Waals surface area contributed by atoms with Crippen LogP contribution in [0.15, 0.2) is 48.7 Å². The van der Waals surface area contributed by atoms with Gasteiger partial charge in [-0.05, 0) is 24.1 Å². The van der Waals surface area contributed by atoms with E-state index in [1.165, 1.54) is 6.08 Å². The Kier molecular flexibility index (Phi) is 5.29. The first-order valence-electron chi connectivity index (χ1n) is 6.80. The van der Waals surface area contributed by atoms with Crippen molar-refractivity contribution >= 4 is 12.0 Å². The lowest BCUT2D eigenvalue weighted by molar-refractivity contribution is -0.117. The average molecular weight is 285 g/mol. The molecule has 0 bridgehead atoms. The van der Waals surface area contributed by atoms with Gasteiger partial charge >= 0.3 is 0 Å². The summed E-state index contributed by atoms with van der Waals surface area (Å²) >= 11 is 0. The molecule has 0 aliphatic heterocycles. The van der Waals surface area contributed by atoms with Gasteiger partial charge in [-0.3, -0.25) is 9.48 Å². The Morgan fingerprint density at radius 1 is 1.38 bits per heavy atom. The summed E-state index contributed by atoms with van der Waals surface area (Å²) in [7, 11) is 1.81. The Morgan fingerprint density at radius 3 is 2.76 bits per heavy atom. The number of carbonyl (C=O) groups is 1. The van der Waals surface area contributed by atoms with E-state index in [-0.39, 0.29) is 18.6 Å². The third-order valence-electron chi connectivity index (χ3n) is 3.16.